The molecule has 0 aliphatic rings. The largest absolute Gasteiger partial charge is 0.422 e. The molecule has 1 unspecified atom stereocenters. The molecule has 10 heteroatoms. The van der Waals surface area contributed by atoms with Gasteiger partial charge in [0.2, 0.25) is 5.95 Å². The fourth-order valence-electron chi connectivity index (χ4n) is 1.69. The highest BCUT2D eigenvalue weighted by atomic mass is 19.4. The molecule has 1 aromatic carbocycles. The molecule has 0 bridgehead atoms. The third-order valence-electron chi connectivity index (χ3n) is 2.67. The Hall–Kier alpha value is -2.75. The number of benzene rings is 1. The van der Waals surface area contributed by atoms with E-state index in [-0.39, 0.29) is 11.5 Å². The van der Waals surface area contributed by atoms with Crippen molar-refractivity contribution in [2.24, 2.45) is 0 Å². The molecule has 0 amide bonds. The monoisotopic (exact) mass is 314 g/mol. The molecule has 1 heterocycles. The summed E-state index contributed by atoms with van der Waals surface area (Å²) in [6.07, 6.45) is -3.58. The lowest BCUT2D eigenvalue weighted by Gasteiger charge is -2.14. The fraction of sp³-hybridized carbons (Fsp3) is 0.167. The Morgan fingerprint density at radius 1 is 1.27 bits per heavy atom. The van der Waals surface area contributed by atoms with Crippen LogP contribution in [0.2, 0.25) is 0 Å². The number of anilines is 1. The quantitative estimate of drug-likeness (QED) is 0.511. The lowest BCUT2D eigenvalue weighted by atomic mass is 10.1. The summed E-state index contributed by atoms with van der Waals surface area (Å²) in [4.78, 5) is 17.2. The number of aliphatic hydroxyl groups excluding tert-OH is 1. The number of hydrogen-bond donors (Lipinski definition) is 2. The average molecular weight is 314 g/mol. The summed E-state index contributed by atoms with van der Waals surface area (Å²) in [5, 5.41) is 23.1. The van der Waals surface area contributed by atoms with Crippen molar-refractivity contribution in [1.82, 2.24) is 9.97 Å². The number of rotatable bonds is 4. The Balaban J connectivity index is 2.32. The number of aromatic nitrogens is 2. The molecule has 0 aliphatic carbocycles. The summed E-state index contributed by atoms with van der Waals surface area (Å²) in [5.74, 6) is 0.0255. The van der Waals surface area contributed by atoms with Gasteiger partial charge in [-0.25, -0.2) is 9.97 Å². The summed E-state index contributed by atoms with van der Waals surface area (Å²) in [5.41, 5.74) is -2.64. The molecule has 0 fully saturated rings. The van der Waals surface area contributed by atoms with Crippen LogP contribution < -0.4 is 5.32 Å². The summed E-state index contributed by atoms with van der Waals surface area (Å²) in [6, 6.07) is 3.67. The van der Waals surface area contributed by atoms with Crippen LogP contribution in [0.5, 0.6) is 0 Å². The van der Waals surface area contributed by atoms with Crippen molar-refractivity contribution < 1.29 is 23.2 Å². The maximum absolute atomic E-state index is 12.7. The zero-order valence-corrected chi connectivity index (χ0v) is 10.8. The molecule has 1 atom stereocenters. The molecular weight excluding hydrogens is 305 g/mol. The van der Waals surface area contributed by atoms with Crippen molar-refractivity contribution in [2.75, 3.05) is 5.32 Å². The highest BCUT2D eigenvalue weighted by molar-refractivity contribution is 5.46. The molecule has 0 saturated heterocycles. The van der Waals surface area contributed by atoms with Gasteiger partial charge in [-0.2, -0.15) is 13.2 Å². The minimum absolute atomic E-state index is 0.0255. The van der Waals surface area contributed by atoms with E-state index >= 15 is 0 Å². The molecule has 0 saturated carbocycles. The summed E-state index contributed by atoms with van der Waals surface area (Å²) >= 11 is 0. The van der Waals surface area contributed by atoms with Crippen molar-refractivity contribution >= 4 is 11.6 Å². The first-order valence-electron chi connectivity index (χ1n) is 5.86. The van der Waals surface area contributed by atoms with Gasteiger partial charge in [-0.05, 0) is 12.1 Å². The van der Waals surface area contributed by atoms with Gasteiger partial charge in [0.25, 0.3) is 5.69 Å². The second-order valence-electron chi connectivity index (χ2n) is 4.15. The van der Waals surface area contributed by atoms with Crippen LogP contribution in [-0.4, -0.2) is 20.0 Å². The Morgan fingerprint density at radius 2 is 1.91 bits per heavy atom. The maximum Gasteiger partial charge on any atom is 0.422 e. The van der Waals surface area contributed by atoms with Crippen molar-refractivity contribution in [3.05, 3.63) is 57.9 Å². The van der Waals surface area contributed by atoms with Gasteiger partial charge in [-0.1, -0.05) is 6.07 Å². The van der Waals surface area contributed by atoms with E-state index < -0.39 is 28.6 Å². The van der Waals surface area contributed by atoms with E-state index in [0.717, 1.165) is 6.07 Å². The Labute approximate surface area is 121 Å². The van der Waals surface area contributed by atoms with Gasteiger partial charge in [0, 0.05) is 24.0 Å². The van der Waals surface area contributed by atoms with Crippen LogP contribution in [0.4, 0.5) is 24.8 Å². The molecule has 7 nitrogen and oxygen atoms in total. The van der Waals surface area contributed by atoms with Crippen LogP contribution in [0.1, 0.15) is 17.4 Å². The van der Waals surface area contributed by atoms with E-state index in [4.69, 9.17) is 0 Å². The molecular formula is C12H9F3N4O3. The van der Waals surface area contributed by atoms with Gasteiger partial charge in [-0.15, -0.1) is 0 Å². The summed E-state index contributed by atoms with van der Waals surface area (Å²) in [7, 11) is 0. The number of nitro benzene ring substituents is 1. The second kappa shape index (κ2) is 5.93. The van der Waals surface area contributed by atoms with Gasteiger partial charge in [0.15, 0.2) is 6.23 Å². The Morgan fingerprint density at radius 3 is 2.45 bits per heavy atom. The van der Waals surface area contributed by atoms with Gasteiger partial charge < -0.3 is 10.4 Å². The number of hydrogen-bond acceptors (Lipinski definition) is 6. The van der Waals surface area contributed by atoms with Crippen molar-refractivity contribution in [2.45, 2.75) is 12.4 Å². The van der Waals surface area contributed by atoms with Gasteiger partial charge in [-0.3, -0.25) is 10.1 Å². The smallest absolute Gasteiger partial charge is 0.369 e. The van der Waals surface area contributed by atoms with Crippen LogP contribution in [0.3, 0.4) is 0 Å². The van der Waals surface area contributed by atoms with Crippen molar-refractivity contribution in [3.63, 3.8) is 0 Å². The predicted molar refractivity (Wildman–Crippen MR) is 68.7 cm³/mol. The first kappa shape index (κ1) is 15.6. The minimum Gasteiger partial charge on any atom is -0.369 e. The van der Waals surface area contributed by atoms with E-state index in [1.165, 1.54) is 18.5 Å². The molecule has 0 spiro atoms. The highest BCUT2D eigenvalue weighted by Crippen LogP contribution is 2.37. The molecule has 2 rings (SSSR count). The minimum atomic E-state index is -4.86. The summed E-state index contributed by atoms with van der Waals surface area (Å²) in [6.45, 7) is 0. The third-order valence-corrected chi connectivity index (χ3v) is 2.67. The van der Waals surface area contributed by atoms with Crippen LogP contribution in [0, 0.1) is 10.1 Å². The predicted octanol–water partition coefficient (Wildman–Crippen LogP) is 2.51. The zero-order valence-electron chi connectivity index (χ0n) is 10.8. The van der Waals surface area contributed by atoms with Crippen molar-refractivity contribution in [3.8, 4) is 0 Å². The topological polar surface area (TPSA) is 101 Å². The van der Waals surface area contributed by atoms with E-state index in [2.05, 4.69) is 15.3 Å². The van der Waals surface area contributed by atoms with E-state index in [1.807, 2.05) is 0 Å². The lowest BCUT2D eigenvalue weighted by Crippen LogP contribution is -2.14. The number of halogens is 3. The van der Waals surface area contributed by atoms with Crippen LogP contribution in [0.25, 0.3) is 0 Å². The normalized spacial score (nSPS) is 12.7. The number of alkyl halides is 3. The van der Waals surface area contributed by atoms with E-state index in [1.54, 1.807) is 0 Å². The Kier molecular flexibility index (Phi) is 4.22. The van der Waals surface area contributed by atoms with Gasteiger partial charge >= 0.3 is 6.18 Å². The van der Waals surface area contributed by atoms with Crippen LogP contribution in [0.15, 0.2) is 36.7 Å². The molecule has 2 N–H and O–H groups in total. The summed E-state index contributed by atoms with van der Waals surface area (Å²) < 4.78 is 38.1. The molecule has 1 aromatic heterocycles. The fourth-order valence-corrected chi connectivity index (χ4v) is 1.69. The SMILES string of the molecule is O=[N+]([O-])c1cc(C(O)Nc2ncccn2)ccc1C(F)(F)F. The number of nitrogens with zero attached hydrogens (tertiary/aromatic N) is 3. The van der Waals surface area contributed by atoms with Crippen LogP contribution >= 0.6 is 0 Å². The highest BCUT2D eigenvalue weighted by Gasteiger charge is 2.38. The van der Waals surface area contributed by atoms with Gasteiger partial charge in [0.05, 0.1) is 4.92 Å². The number of aliphatic hydroxyl groups is 1. The maximum atomic E-state index is 12.7. The van der Waals surface area contributed by atoms with Crippen molar-refractivity contribution in [1.29, 1.82) is 0 Å². The zero-order chi connectivity index (χ0) is 16.3. The van der Waals surface area contributed by atoms with E-state index in [0.29, 0.717) is 12.1 Å². The molecule has 2 aromatic rings. The third kappa shape index (κ3) is 3.47. The molecule has 116 valence electrons. The first-order chi connectivity index (χ1) is 10.3. The molecule has 22 heavy (non-hydrogen) atoms. The molecule has 0 aliphatic heterocycles. The lowest BCUT2D eigenvalue weighted by molar-refractivity contribution is -0.388. The van der Waals surface area contributed by atoms with E-state index in [9.17, 15) is 28.4 Å². The standard InChI is InChI=1S/C12H9F3N4O3/c13-12(14,15)8-3-2-7(6-9(8)19(21)22)10(20)18-11-16-4-1-5-17-11/h1-6,10,20H,(H,16,17,18). The number of nitro groups is 1. The van der Waals surface area contributed by atoms with Gasteiger partial charge in [0.1, 0.15) is 5.56 Å². The molecule has 0 radical (unpaired) electrons. The van der Waals surface area contributed by atoms with Crippen LogP contribution in [-0.2, 0) is 6.18 Å². The Bertz CT molecular complexity index is 679. The first-order valence-corrected chi connectivity index (χ1v) is 5.86. The number of nitrogens with one attached hydrogen (secondary N) is 1. The average Bonchev–Trinajstić information content (AvgIpc) is 2.46. The second-order valence-corrected chi connectivity index (χ2v) is 4.15.